The summed E-state index contributed by atoms with van der Waals surface area (Å²) in [5, 5.41) is 12.5. The monoisotopic (exact) mass is 241 g/mol. The van der Waals surface area contributed by atoms with Crippen LogP contribution in [0.2, 0.25) is 0 Å². The molecule has 0 saturated heterocycles. The lowest BCUT2D eigenvalue weighted by molar-refractivity contribution is -0.123. The maximum atomic E-state index is 11.8. The van der Waals surface area contributed by atoms with Crippen LogP contribution in [0.5, 0.6) is 0 Å². The summed E-state index contributed by atoms with van der Waals surface area (Å²) < 4.78 is 0. The van der Waals surface area contributed by atoms with Crippen LogP contribution in [-0.2, 0) is 4.79 Å². The second-order valence-corrected chi connectivity index (χ2v) is 6.73. The van der Waals surface area contributed by atoms with Crippen molar-refractivity contribution in [2.24, 2.45) is 10.8 Å². The normalized spacial score (nSPS) is 20.0. The maximum absolute atomic E-state index is 11.8. The Kier molecular flexibility index (Phi) is 4.99. The van der Waals surface area contributed by atoms with Gasteiger partial charge >= 0.3 is 0 Å². The lowest BCUT2D eigenvalue weighted by Crippen LogP contribution is -2.42. The molecule has 0 heterocycles. The summed E-state index contributed by atoms with van der Waals surface area (Å²) in [6, 6.07) is 0. The zero-order valence-corrected chi connectivity index (χ0v) is 11.5. The molecular weight excluding hydrogens is 214 g/mol. The van der Waals surface area contributed by atoms with E-state index >= 15 is 0 Å². The van der Waals surface area contributed by atoms with Gasteiger partial charge in [-0.1, -0.05) is 40.0 Å². The largest absolute Gasteiger partial charge is 0.396 e. The van der Waals surface area contributed by atoms with Crippen LogP contribution >= 0.6 is 0 Å². The highest BCUT2D eigenvalue weighted by atomic mass is 16.3. The van der Waals surface area contributed by atoms with E-state index in [9.17, 15) is 9.90 Å². The number of hydrogen-bond donors (Lipinski definition) is 2. The fourth-order valence-corrected chi connectivity index (χ4v) is 2.52. The van der Waals surface area contributed by atoms with Crippen molar-refractivity contribution in [3.63, 3.8) is 0 Å². The molecule has 3 nitrogen and oxygen atoms in total. The molecular formula is C14H27NO2. The van der Waals surface area contributed by atoms with E-state index in [1.165, 1.54) is 19.3 Å². The molecule has 2 N–H and O–H groups in total. The van der Waals surface area contributed by atoms with Gasteiger partial charge in [0.15, 0.2) is 0 Å². The molecule has 1 aliphatic carbocycles. The molecule has 1 aliphatic rings. The molecule has 0 unspecified atom stereocenters. The second-order valence-electron chi connectivity index (χ2n) is 6.73. The van der Waals surface area contributed by atoms with Gasteiger partial charge < -0.3 is 10.4 Å². The Morgan fingerprint density at radius 3 is 2.29 bits per heavy atom. The van der Waals surface area contributed by atoms with Crippen LogP contribution < -0.4 is 5.32 Å². The standard InChI is InChI=1S/C14H27NO2/c1-13(2,3)9-12(17)15-10-14(11-16)7-5-4-6-8-14/h16H,4-11H2,1-3H3,(H,15,17). The van der Waals surface area contributed by atoms with Gasteiger partial charge in [0, 0.05) is 18.4 Å². The van der Waals surface area contributed by atoms with Gasteiger partial charge in [0.2, 0.25) is 5.91 Å². The molecule has 0 spiro atoms. The molecule has 0 aromatic heterocycles. The highest BCUT2D eigenvalue weighted by molar-refractivity contribution is 5.76. The van der Waals surface area contributed by atoms with Crippen molar-refractivity contribution >= 4 is 5.91 Å². The lowest BCUT2D eigenvalue weighted by atomic mass is 9.74. The summed E-state index contributed by atoms with van der Waals surface area (Å²) >= 11 is 0. The quantitative estimate of drug-likeness (QED) is 0.794. The third-order valence-electron chi connectivity index (χ3n) is 3.60. The Balaban J connectivity index is 2.39. The molecule has 0 aromatic carbocycles. The molecule has 1 amide bonds. The minimum atomic E-state index is -0.0498. The van der Waals surface area contributed by atoms with Gasteiger partial charge in [-0.3, -0.25) is 4.79 Å². The zero-order chi connectivity index (χ0) is 12.9. The van der Waals surface area contributed by atoms with Crippen molar-refractivity contribution in [2.45, 2.75) is 59.3 Å². The predicted octanol–water partition coefficient (Wildman–Crippen LogP) is 2.48. The summed E-state index contributed by atoms with van der Waals surface area (Å²) in [5.74, 6) is 0.107. The number of nitrogens with one attached hydrogen (secondary N) is 1. The average molecular weight is 241 g/mol. The molecule has 0 atom stereocenters. The van der Waals surface area contributed by atoms with E-state index in [4.69, 9.17) is 0 Å². The first-order valence-corrected chi connectivity index (χ1v) is 6.75. The van der Waals surface area contributed by atoms with Crippen LogP contribution in [0.3, 0.4) is 0 Å². The third-order valence-corrected chi connectivity index (χ3v) is 3.60. The topological polar surface area (TPSA) is 49.3 Å². The second kappa shape index (κ2) is 5.85. The van der Waals surface area contributed by atoms with E-state index < -0.39 is 0 Å². The van der Waals surface area contributed by atoms with Crippen molar-refractivity contribution < 1.29 is 9.90 Å². The van der Waals surface area contributed by atoms with Crippen molar-refractivity contribution in [2.75, 3.05) is 13.2 Å². The van der Waals surface area contributed by atoms with Crippen molar-refractivity contribution in [1.29, 1.82) is 0 Å². The molecule has 0 aliphatic heterocycles. The summed E-state index contributed by atoms with van der Waals surface area (Å²) in [6.45, 7) is 7.03. The fourth-order valence-electron chi connectivity index (χ4n) is 2.52. The van der Waals surface area contributed by atoms with Crippen molar-refractivity contribution in [1.82, 2.24) is 5.32 Å². The number of carbonyl (C=O) groups is 1. The van der Waals surface area contributed by atoms with Crippen LogP contribution in [0.4, 0.5) is 0 Å². The van der Waals surface area contributed by atoms with E-state index in [1.807, 2.05) is 0 Å². The number of rotatable bonds is 4. The van der Waals surface area contributed by atoms with Gasteiger partial charge in [0.05, 0.1) is 6.61 Å². The highest BCUT2D eigenvalue weighted by Gasteiger charge is 2.31. The van der Waals surface area contributed by atoms with Gasteiger partial charge in [0.1, 0.15) is 0 Å². The van der Waals surface area contributed by atoms with Crippen LogP contribution in [0.1, 0.15) is 59.3 Å². The lowest BCUT2D eigenvalue weighted by Gasteiger charge is -2.36. The van der Waals surface area contributed by atoms with E-state index in [2.05, 4.69) is 26.1 Å². The van der Waals surface area contributed by atoms with E-state index in [-0.39, 0.29) is 23.3 Å². The summed E-state index contributed by atoms with van der Waals surface area (Å²) in [5.41, 5.74) is -0.0190. The average Bonchev–Trinajstić information content (AvgIpc) is 2.25. The smallest absolute Gasteiger partial charge is 0.220 e. The van der Waals surface area contributed by atoms with E-state index in [0.29, 0.717) is 13.0 Å². The van der Waals surface area contributed by atoms with Gasteiger partial charge in [0.25, 0.3) is 0 Å². The van der Waals surface area contributed by atoms with Crippen molar-refractivity contribution in [3.05, 3.63) is 0 Å². The first-order chi connectivity index (χ1) is 7.87. The van der Waals surface area contributed by atoms with Gasteiger partial charge in [-0.15, -0.1) is 0 Å². The number of aliphatic hydroxyl groups excluding tert-OH is 1. The van der Waals surface area contributed by atoms with Crippen LogP contribution in [0, 0.1) is 10.8 Å². The number of carbonyl (C=O) groups excluding carboxylic acids is 1. The fraction of sp³-hybridized carbons (Fsp3) is 0.929. The van der Waals surface area contributed by atoms with Crippen LogP contribution in [0.25, 0.3) is 0 Å². The van der Waals surface area contributed by atoms with E-state index in [1.54, 1.807) is 0 Å². The molecule has 1 saturated carbocycles. The summed E-state index contributed by atoms with van der Waals surface area (Å²) in [6.07, 6.45) is 6.25. The molecule has 3 heteroatoms. The molecule has 17 heavy (non-hydrogen) atoms. The maximum Gasteiger partial charge on any atom is 0.220 e. The van der Waals surface area contributed by atoms with Gasteiger partial charge in [-0.25, -0.2) is 0 Å². The Morgan fingerprint density at radius 2 is 1.82 bits per heavy atom. The number of aliphatic hydroxyl groups is 1. The molecule has 1 rings (SSSR count). The number of hydrogen-bond acceptors (Lipinski definition) is 2. The predicted molar refractivity (Wildman–Crippen MR) is 69.7 cm³/mol. The number of amides is 1. The minimum Gasteiger partial charge on any atom is -0.396 e. The van der Waals surface area contributed by atoms with E-state index in [0.717, 1.165) is 12.8 Å². The Morgan fingerprint density at radius 1 is 1.24 bits per heavy atom. The first-order valence-electron chi connectivity index (χ1n) is 6.75. The Bertz CT molecular complexity index is 249. The molecule has 0 bridgehead atoms. The minimum absolute atomic E-state index is 0.0308. The molecule has 100 valence electrons. The summed E-state index contributed by atoms with van der Waals surface area (Å²) in [7, 11) is 0. The van der Waals surface area contributed by atoms with Gasteiger partial charge in [-0.05, 0) is 18.3 Å². The van der Waals surface area contributed by atoms with Crippen LogP contribution in [-0.4, -0.2) is 24.2 Å². The van der Waals surface area contributed by atoms with Crippen molar-refractivity contribution in [3.8, 4) is 0 Å². The SMILES string of the molecule is CC(C)(C)CC(=O)NCC1(CO)CCCCC1. The zero-order valence-electron chi connectivity index (χ0n) is 11.5. The first kappa shape index (κ1) is 14.5. The van der Waals surface area contributed by atoms with Gasteiger partial charge in [-0.2, -0.15) is 0 Å². The highest BCUT2D eigenvalue weighted by Crippen LogP contribution is 2.35. The molecule has 0 aromatic rings. The molecule has 0 radical (unpaired) electrons. The Hall–Kier alpha value is -0.570. The Labute approximate surface area is 105 Å². The third kappa shape index (κ3) is 5.07. The summed E-state index contributed by atoms with van der Waals surface area (Å²) in [4.78, 5) is 11.8. The molecule has 1 fully saturated rings. The van der Waals surface area contributed by atoms with Crippen LogP contribution in [0.15, 0.2) is 0 Å².